The fourth-order valence-corrected chi connectivity index (χ4v) is 7.61. The van der Waals surface area contributed by atoms with Crippen molar-refractivity contribution in [2.24, 2.45) is 17.8 Å². The van der Waals surface area contributed by atoms with Gasteiger partial charge in [0.1, 0.15) is 17.8 Å². The molecule has 2 saturated carbocycles. The van der Waals surface area contributed by atoms with Gasteiger partial charge in [-0.3, -0.25) is 4.79 Å². The molecule has 2 aromatic carbocycles. The first kappa shape index (κ1) is 33.4. The van der Waals surface area contributed by atoms with Crippen molar-refractivity contribution in [3.63, 3.8) is 0 Å². The Morgan fingerprint density at radius 3 is 1.98 bits per heavy atom. The van der Waals surface area contributed by atoms with Crippen molar-refractivity contribution in [2.45, 2.75) is 108 Å². The van der Waals surface area contributed by atoms with Gasteiger partial charge in [0.25, 0.3) is 0 Å². The van der Waals surface area contributed by atoms with Crippen molar-refractivity contribution in [1.29, 1.82) is 0 Å². The molecule has 0 heterocycles. The summed E-state index contributed by atoms with van der Waals surface area (Å²) < 4.78 is 11.4. The van der Waals surface area contributed by atoms with Crippen LogP contribution in [-0.4, -0.2) is 24.1 Å². The molecule has 0 radical (unpaired) electrons. The second kappa shape index (κ2) is 16.6. The number of carbonyl (C=O) groups excluding carboxylic acids is 3. The van der Waals surface area contributed by atoms with Crippen LogP contribution in [0.25, 0.3) is 0 Å². The Labute approximate surface area is 264 Å². The second-order valence-corrected chi connectivity index (χ2v) is 12.8. The molecule has 1 atom stereocenters. The van der Waals surface area contributed by atoms with Crippen molar-refractivity contribution in [3.05, 3.63) is 85.0 Å². The molecule has 5 nitrogen and oxygen atoms in total. The zero-order valence-corrected chi connectivity index (χ0v) is 26.5. The summed E-state index contributed by atoms with van der Waals surface area (Å²) in [5.41, 5.74) is 2.27. The molecule has 0 aromatic heterocycles. The van der Waals surface area contributed by atoms with Crippen LogP contribution in [0.5, 0.6) is 11.5 Å². The number of hydrogen-bond acceptors (Lipinski definition) is 5. The Morgan fingerprint density at radius 2 is 1.43 bits per heavy atom. The molecule has 5 heteroatoms. The fourth-order valence-electron chi connectivity index (χ4n) is 7.61. The van der Waals surface area contributed by atoms with Crippen molar-refractivity contribution in [1.82, 2.24) is 0 Å². The lowest BCUT2D eigenvalue weighted by Crippen LogP contribution is -2.36. The van der Waals surface area contributed by atoms with Gasteiger partial charge < -0.3 is 14.3 Å². The molecule has 0 aliphatic heterocycles. The molecule has 44 heavy (non-hydrogen) atoms. The molecular formula is C39H50O5. The zero-order valence-electron chi connectivity index (χ0n) is 26.5. The van der Waals surface area contributed by atoms with Crippen LogP contribution in [0.4, 0.5) is 0 Å². The topological polar surface area (TPSA) is 69.7 Å². The molecule has 0 spiro atoms. The summed E-state index contributed by atoms with van der Waals surface area (Å²) in [7, 11) is 0. The van der Waals surface area contributed by atoms with Crippen molar-refractivity contribution in [2.75, 3.05) is 0 Å². The molecule has 2 aliphatic rings. The van der Waals surface area contributed by atoms with E-state index >= 15 is 0 Å². The predicted molar refractivity (Wildman–Crippen MR) is 176 cm³/mol. The van der Waals surface area contributed by atoms with Crippen LogP contribution in [0.3, 0.4) is 0 Å². The van der Waals surface area contributed by atoms with Crippen LogP contribution in [-0.2, 0) is 19.8 Å². The normalized spacial score (nSPS) is 24.1. The molecule has 4 rings (SSSR count). The molecule has 236 valence electrons. The van der Waals surface area contributed by atoms with Crippen LogP contribution in [0.1, 0.15) is 108 Å². The average Bonchev–Trinajstić information content (AvgIpc) is 3.07. The summed E-state index contributed by atoms with van der Waals surface area (Å²) in [5.74, 6) is 2.94. The van der Waals surface area contributed by atoms with Crippen molar-refractivity contribution in [3.8, 4) is 11.5 Å². The third-order valence-electron chi connectivity index (χ3n) is 10.2. The Kier molecular flexibility index (Phi) is 12.6. The van der Waals surface area contributed by atoms with Crippen LogP contribution in [0, 0.1) is 17.8 Å². The van der Waals surface area contributed by atoms with Crippen LogP contribution < -0.4 is 9.47 Å². The third kappa shape index (κ3) is 8.58. The third-order valence-corrected chi connectivity index (χ3v) is 10.2. The van der Waals surface area contributed by atoms with Gasteiger partial charge in [-0.2, -0.15) is 0 Å². The molecule has 0 bridgehead atoms. The Hall–Kier alpha value is -3.47. The second-order valence-electron chi connectivity index (χ2n) is 12.8. The Balaban J connectivity index is 1.51. The summed E-state index contributed by atoms with van der Waals surface area (Å²) in [6.07, 6.45) is 18.6. The monoisotopic (exact) mass is 598 g/mol. The van der Waals surface area contributed by atoms with Crippen molar-refractivity contribution >= 4 is 18.0 Å². The lowest BCUT2D eigenvalue weighted by molar-refractivity contribution is -0.129. The Bertz CT molecular complexity index is 1230. The summed E-state index contributed by atoms with van der Waals surface area (Å²) in [5, 5.41) is 0. The van der Waals surface area contributed by atoms with Gasteiger partial charge in [0, 0.05) is 17.9 Å². The van der Waals surface area contributed by atoms with E-state index in [-0.39, 0.29) is 17.6 Å². The van der Waals surface area contributed by atoms with Crippen molar-refractivity contribution < 1.29 is 23.9 Å². The number of aldehydes is 1. The number of ketones is 1. The average molecular weight is 599 g/mol. The smallest absolute Gasteiger partial charge is 0.335 e. The maximum absolute atomic E-state index is 12.3. The highest BCUT2D eigenvalue weighted by atomic mass is 16.5. The zero-order chi connectivity index (χ0) is 31.4. The van der Waals surface area contributed by atoms with E-state index in [1.54, 1.807) is 0 Å². The largest absolute Gasteiger partial charge is 0.482 e. The first-order chi connectivity index (χ1) is 21.4. The highest BCUT2D eigenvalue weighted by Gasteiger charge is 2.41. The minimum Gasteiger partial charge on any atom is -0.482 e. The van der Waals surface area contributed by atoms with E-state index in [4.69, 9.17) is 9.47 Å². The molecule has 0 N–H and O–H groups in total. The van der Waals surface area contributed by atoms with E-state index in [0.29, 0.717) is 17.9 Å². The highest BCUT2D eigenvalue weighted by Crippen LogP contribution is 2.50. The summed E-state index contributed by atoms with van der Waals surface area (Å²) >= 11 is 0. The molecule has 2 aliphatic carbocycles. The number of benzene rings is 2. The Morgan fingerprint density at radius 1 is 0.841 bits per heavy atom. The number of unbranched alkanes of at least 4 members (excludes halogenated alkanes) is 2. The van der Waals surface area contributed by atoms with E-state index in [2.05, 4.69) is 44.3 Å². The minimum absolute atomic E-state index is 0.165. The lowest BCUT2D eigenvalue weighted by atomic mass is 9.60. The SMILES string of the molecule is C=CC(=O)Oc1ccc(C2(c3ccc(OC(CCC=O)C(=O)C=C)cc3)CCC(C3CCC(CCCCC)CC3)CC2)cc1. The molecule has 0 amide bonds. The summed E-state index contributed by atoms with van der Waals surface area (Å²) in [6, 6.07) is 16.1. The van der Waals surface area contributed by atoms with E-state index in [1.165, 1.54) is 87.5 Å². The first-order valence-electron chi connectivity index (χ1n) is 16.7. The van der Waals surface area contributed by atoms with Gasteiger partial charge in [-0.1, -0.05) is 82.9 Å². The summed E-state index contributed by atoms with van der Waals surface area (Å²) in [4.78, 5) is 35.0. The van der Waals surface area contributed by atoms with Crippen LogP contribution in [0.2, 0.25) is 0 Å². The summed E-state index contributed by atoms with van der Waals surface area (Å²) in [6.45, 7) is 9.36. The molecular weight excluding hydrogens is 548 g/mol. The van der Waals surface area contributed by atoms with E-state index in [0.717, 1.165) is 36.9 Å². The maximum atomic E-state index is 12.3. The number of ether oxygens (including phenoxy) is 2. The van der Waals surface area contributed by atoms with Crippen LogP contribution >= 0.6 is 0 Å². The fraction of sp³-hybridized carbons (Fsp3) is 0.513. The highest BCUT2D eigenvalue weighted by molar-refractivity contribution is 5.93. The molecule has 0 saturated heterocycles. The van der Waals surface area contributed by atoms with Crippen LogP contribution in [0.15, 0.2) is 73.8 Å². The minimum atomic E-state index is -0.722. The van der Waals surface area contributed by atoms with Gasteiger partial charge in [0.05, 0.1) is 0 Å². The van der Waals surface area contributed by atoms with Gasteiger partial charge in [-0.25, -0.2) is 4.79 Å². The van der Waals surface area contributed by atoms with Gasteiger partial charge in [-0.05, 0) is 104 Å². The van der Waals surface area contributed by atoms with Gasteiger partial charge in [-0.15, -0.1) is 0 Å². The van der Waals surface area contributed by atoms with Gasteiger partial charge in [0.2, 0.25) is 0 Å². The number of esters is 1. The van der Waals surface area contributed by atoms with E-state index in [9.17, 15) is 14.4 Å². The van der Waals surface area contributed by atoms with E-state index in [1.807, 2.05) is 24.3 Å². The first-order valence-corrected chi connectivity index (χ1v) is 16.7. The molecule has 2 aromatic rings. The van der Waals surface area contributed by atoms with E-state index < -0.39 is 12.1 Å². The maximum Gasteiger partial charge on any atom is 0.335 e. The molecule has 2 fully saturated rings. The number of hydrogen-bond donors (Lipinski definition) is 0. The van der Waals surface area contributed by atoms with Gasteiger partial charge >= 0.3 is 5.97 Å². The number of carbonyl (C=O) groups is 3. The number of rotatable bonds is 16. The predicted octanol–water partition coefficient (Wildman–Crippen LogP) is 9.12. The molecule has 1 unspecified atom stereocenters. The van der Waals surface area contributed by atoms with Gasteiger partial charge in [0.15, 0.2) is 11.9 Å². The standard InChI is InChI=1S/C39H50O5/c1-4-7-8-10-29-12-14-30(15-13-29)31-24-26-39(27-25-31,33-18-22-35(23-19-33)44-38(42)6-3)32-16-20-34(21-17-32)43-37(11-9-28-40)36(41)5-2/h5-6,16-23,28-31,37H,2-4,7-15,24-27H2,1H3. The lowest BCUT2D eigenvalue weighted by Gasteiger charge is -2.44. The quantitative estimate of drug-likeness (QED) is 0.0634.